The van der Waals surface area contributed by atoms with Crippen LogP contribution in [0.25, 0.3) is 0 Å². The Labute approximate surface area is 86.1 Å². The summed E-state index contributed by atoms with van der Waals surface area (Å²) in [5.74, 6) is -0.287. The number of hydrogen-bond donors (Lipinski definition) is 1. The molecule has 1 aromatic rings. The summed E-state index contributed by atoms with van der Waals surface area (Å²) in [7, 11) is -1.09. The largest absolute Gasteiger partial charge is 0.305 e. The molecule has 2 nitrogen and oxygen atoms in total. The van der Waals surface area contributed by atoms with Crippen molar-refractivity contribution in [3.8, 4) is 0 Å². The van der Waals surface area contributed by atoms with Crippen molar-refractivity contribution in [2.24, 2.45) is 0 Å². The van der Waals surface area contributed by atoms with Crippen LogP contribution in [0.15, 0.2) is 24.3 Å². The second-order valence-corrected chi connectivity index (χ2v) is 4.73. The minimum absolute atomic E-state index is 0.0973. The van der Waals surface area contributed by atoms with Crippen LogP contribution in [-0.4, -0.2) is 9.46 Å². The lowest BCUT2D eigenvalue weighted by Crippen LogP contribution is -2.16. The molecule has 0 amide bonds. The van der Waals surface area contributed by atoms with Crippen LogP contribution >= 0.6 is 0 Å². The maximum absolute atomic E-state index is 12.5. The Hall–Kier alpha value is -0.900. The summed E-state index contributed by atoms with van der Waals surface area (Å²) in [4.78, 5) is 0. The molecule has 0 bridgehead atoms. The summed E-state index contributed by atoms with van der Waals surface area (Å²) in [6.45, 7) is 3.89. The van der Waals surface area contributed by atoms with Crippen LogP contribution in [0.5, 0.6) is 0 Å². The van der Waals surface area contributed by atoms with Crippen molar-refractivity contribution < 1.29 is 8.60 Å². The zero-order chi connectivity index (χ0) is 10.6. The van der Waals surface area contributed by atoms with Gasteiger partial charge in [-0.1, -0.05) is 6.92 Å². The average Bonchev–Trinajstić information content (AvgIpc) is 2.20. The minimum atomic E-state index is -1.09. The fourth-order valence-electron chi connectivity index (χ4n) is 0.886. The molecular formula is C10H14FNOS. The molecule has 0 fully saturated rings. The third-order valence-electron chi connectivity index (χ3n) is 2.00. The Bertz CT molecular complexity index is 312. The van der Waals surface area contributed by atoms with Crippen molar-refractivity contribution in [3.63, 3.8) is 0 Å². The highest BCUT2D eigenvalue weighted by atomic mass is 32.2. The standard InChI is InChI=1S/C10H14FNOS/c1-3-8(2)14(13)12-10-6-4-9(11)5-7-10/h4-8,12H,3H2,1-2H3/t8-,14-/m0/s1. The number of nitrogens with one attached hydrogen (secondary N) is 1. The molecule has 0 aliphatic carbocycles. The average molecular weight is 215 g/mol. The molecule has 0 heterocycles. The Morgan fingerprint density at radius 2 is 2.00 bits per heavy atom. The molecule has 0 aliphatic heterocycles. The van der Waals surface area contributed by atoms with Gasteiger partial charge in [-0.15, -0.1) is 0 Å². The highest BCUT2D eigenvalue weighted by Crippen LogP contribution is 2.11. The molecule has 1 rings (SSSR count). The maximum Gasteiger partial charge on any atom is 0.123 e. The van der Waals surface area contributed by atoms with E-state index in [1.807, 2.05) is 13.8 Å². The van der Waals surface area contributed by atoms with Gasteiger partial charge in [0.05, 0.1) is 5.25 Å². The summed E-state index contributed by atoms with van der Waals surface area (Å²) in [5.41, 5.74) is 0.685. The monoisotopic (exact) mass is 215 g/mol. The molecule has 0 saturated carbocycles. The molecule has 1 aromatic carbocycles. The normalized spacial score (nSPS) is 14.8. The van der Waals surface area contributed by atoms with Gasteiger partial charge in [0.2, 0.25) is 0 Å². The van der Waals surface area contributed by atoms with Gasteiger partial charge in [0.25, 0.3) is 0 Å². The van der Waals surface area contributed by atoms with Crippen LogP contribution in [0.1, 0.15) is 20.3 Å². The van der Waals surface area contributed by atoms with E-state index in [0.717, 1.165) is 6.42 Å². The van der Waals surface area contributed by atoms with Crippen LogP contribution in [0.2, 0.25) is 0 Å². The van der Waals surface area contributed by atoms with Crippen molar-refractivity contribution in [1.82, 2.24) is 0 Å². The number of anilines is 1. The van der Waals surface area contributed by atoms with E-state index in [4.69, 9.17) is 0 Å². The van der Waals surface area contributed by atoms with E-state index in [2.05, 4.69) is 4.72 Å². The molecule has 0 aromatic heterocycles. The van der Waals surface area contributed by atoms with E-state index in [9.17, 15) is 8.60 Å². The second-order valence-electron chi connectivity index (χ2n) is 3.13. The first-order valence-electron chi connectivity index (χ1n) is 4.56. The van der Waals surface area contributed by atoms with Gasteiger partial charge in [-0.05, 0) is 37.6 Å². The molecule has 0 spiro atoms. The Morgan fingerprint density at radius 1 is 1.43 bits per heavy atom. The summed E-state index contributed by atoms with van der Waals surface area (Å²) in [6, 6.07) is 5.84. The SMILES string of the molecule is CC[C@H](C)[S@](=O)Nc1ccc(F)cc1. The smallest absolute Gasteiger partial charge is 0.123 e. The topological polar surface area (TPSA) is 29.1 Å². The summed E-state index contributed by atoms with van der Waals surface area (Å²) < 4.78 is 26.9. The van der Waals surface area contributed by atoms with Crippen molar-refractivity contribution >= 4 is 16.7 Å². The fourth-order valence-corrected chi connectivity index (χ4v) is 1.76. The first-order valence-corrected chi connectivity index (χ1v) is 5.77. The maximum atomic E-state index is 12.5. The summed E-state index contributed by atoms with van der Waals surface area (Å²) in [6.07, 6.45) is 0.848. The van der Waals surface area contributed by atoms with Crippen molar-refractivity contribution in [2.75, 3.05) is 4.72 Å². The quantitative estimate of drug-likeness (QED) is 0.822. The van der Waals surface area contributed by atoms with Crippen LogP contribution in [0, 0.1) is 5.82 Å². The predicted molar refractivity (Wildman–Crippen MR) is 57.9 cm³/mol. The molecular weight excluding hydrogens is 201 g/mol. The van der Waals surface area contributed by atoms with Gasteiger partial charge in [-0.25, -0.2) is 8.60 Å². The Kier molecular flexibility index (Phi) is 4.07. The van der Waals surface area contributed by atoms with Gasteiger partial charge in [-0.3, -0.25) is 0 Å². The third-order valence-corrected chi connectivity index (χ3v) is 3.50. The minimum Gasteiger partial charge on any atom is -0.305 e. The third kappa shape index (κ3) is 3.10. The molecule has 0 unspecified atom stereocenters. The van der Waals surface area contributed by atoms with E-state index >= 15 is 0 Å². The summed E-state index contributed by atoms with van der Waals surface area (Å²) in [5, 5.41) is 0.0973. The van der Waals surface area contributed by atoms with Crippen molar-refractivity contribution in [3.05, 3.63) is 30.1 Å². The van der Waals surface area contributed by atoms with E-state index in [1.165, 1.54) is 12.1 Å². The van der Waals surface area contributed by atoms with Gasteiger partial charge < -0.3 is 4.72 Å². The van der Waals surface area contributed by atoms with Gasteiger partial charge in [0.1, 0.15) is 16.8 Å². The van der Waals surface area contributed by atoms with E-state index in [-0.39, 0.29) is 11.1 Å². The van der Waals surface area contributed by atoms with Crippen molar-refractivity contribution in [1.29, 1.82) is 0 Å². The fraction of sp³-hybridized carbons (Fsp3) is 0.400. The van der Waals surface area contributed by atoms with E-state index < -0.39 is 11.0 Å². The van der Waals surface area contributed by atoms with Gasteiger partial charge in [-0.2, -0.15) is 0 Å². The van der Waals surface area contributed by atoms with Crippen LogP contribution in [0.3, 0.4) is 0 Å². The first-order chi connectivity index (χ1) is 6.63. The molecule has 14 heavy (non-hydrogen) atoms. The molecule has 1 N–H and O–H groups in total. The Balaban J connectivity index is 2.60. The number of benzene rings is 1. The molecule has 0 saturated heterocycles. The Morgan fingerprint density at radius 3 is 2.50 bits per heavy atom. The van der Waals surface area contributed by atoms with Gasteiger partial charge >= 0.3 is 0 Å². The molecule has 0 radical (unpaired) electrons. The number of halogens is 1. The molecule has 0 aliphatic rings. The van der Waals surface area contributed by atoms with Crippen LogP contribution in [-0.2, 0) is 11.0 Å². The van der Waals surface area contributed by atoms with Gasteiger partial charge in [0, 0.05) is 5.69 Å². The second kappa shape index (κ2) is 5.10. The lowest BCUT2D eigenvalue weighted by molar-refractivity contribution is 0.628. The van der Waals surface area contributed by atoms with E-state index in [0.29, 0.717) is 5.69 Å². The predicted octanol–water partition coefficient (Wildman–Crippen LogP) is 2.70. The first kappa shape index (κ1) is 11.2. The van der Waals surface area contributed by atoms with Gasteiger partial charge in [0.15, 0.2) is 0 Å². The lowest BCUT2D eigenvalue weighted by Gasteiger charge is -2.10. The summed E-state index contributed by atoms with van der Waals surface area (Å²) >= 11 is 0. The zero-order valence-electron chi connectivity index (χ0n) is 8.29. The molecule has 2 atom stereocenters. The molecule has 78 valence electrons. The van der Waals surface area contributed by atoms with E-state index in [1.54, 1.807) is 12.1 Å². The van der Waals surface area contributed by atoms with Crippen LogP contribution in [0.4, 0.5) is 10.1 Å². The zero-order valence-corrected chi connectivity index (χ0v) is 9.10. The van der Waals surface area contributed by atoms with Crippen molar-refractivity contribution in [2.45, 2.75) is 25.5 Å². The molecule has 4 heteroatoms. The highest BCUT2D eigenvalue weighted by molar-refractivity contribution is 7.86. The lowest BCUT2D eigenvalue weighted by atomic mass is 10.3. The number of rotatable bonds is 4. The number of hydrogen-bond acceptors (Lipinski definition) is 1. The van der Waals surface area contributed by atoms with Crippen LogP contribution < -0.4 is 4.72 Å². The highest BCUT2D eigenvalue weighted by Gasteiger charge is 2.07.